The largest absolute Gasteiger partial charge is 0.427 e. The number of ether oxygens (including phenoxy) is 1. The molecule has 0 heterocycles. The predicted octanol–water partition coefficient (Wildman–Crippen LogP) is 2.04. The number of nitrogens with two attached hydrogens (primary N) is 1. The maximum atomic E-state index is 12.3. The lowest BCUT2D eigenvalue weighted by atomic mass is 10.0. The summed E-state index contributed by atoms with van der Waals surface area (Å²) in [5, 5.41) is 2.64. The normalized spacial score (nSPS) is 11.4. The number of carbonyl (C=O) groups is 3. The minimum Gasteiger partial charge on any atom is -0.427 e. The molecule has 2 amide bonds. The van der Waals surface area contributed by atoms with E-state index in [1.807, 2.05) is 24.3 Å². The number of amides is 2. The van der Waals surface area contributed by atoms with Crippen molar-refractivity contribution in [2.24, 2.45) is 5.73 Å². The van der Waals surface area contributed by atoms with Crippen LogP contribution in [-0.2, 0) is 16.0 Å². The standard InChI is InChI=1S/C18H17IN2O4/c1-11(22)25-15-7-5-13(6-8-15)18(24)21-16(17(20)23)10-12-3-2-4-14(19)9-12/h2-9,16H,10H2,1H3,(H2,20,23)(H,21,24)/t16-/m0/s1. The summed E-state index contributed by atoms with van der Waals surface area (Å²) in [4.78, 5) is 34.9. The first kappa shape index (κ1) is 18.9. The third-order valence-corrected chi connectivity index (χ3v) is 4.03. The van der Waals surface area contributed by atoms with E-state index in [-0.39, 0.29) is 0 Å². The van der Waals surface area contributed by atoms with Crippen LogP contribution in [0.1, 0.15) is 22.8 Å². The van der Waals surface area contributed by atoms with Gasteiger partial charge in [0.05, 0.1) is 0 Å². The second kappa shape index (κ2) is 8.61. The third-order valence-electron chi connectivity index (χ3n) is 3.36. The van der Waals surface area contributed by atoms with Gasteiger partial charge in [-0.3, -0.25) is 14.4 Å². The summed E-state index contributed by atoms with van der Waals surface area (Å²) in [6.07, 6.45) is 0.309. The van der Waals surface area contributed by atoms with Crippen molar-refractivity contribution < 1.29 is 19.1 Å². The van der Waals surface area contributed by atoms with Gasteiger partial charge < -0.3 is 15.8 Å². The van der Waals surface area contributed by atoms with E-state index in [1.54, 1.807) is 0 Å². The molecule has 0 saturated heterocycles. The Hall–Kier alpha value is -2.42. The predicted molar refractivity (Wildman–Crippen MR) is 101 cm³/mol. The summed E-state index contributed by atoms with van der Waals surface area (Å²) in [5.41, 5.74) is 6.66. The zero-order valence-electron chi connectivity index (χ0n) is 13.5. The van der Waals surface area contributed by atoms with Gasteiger partial charge in [-0.25, -0.2) is 0 Å². The van der Waals surface area contributed by atoms with E-state index < -0.39 is 23.8 Å². The van der Waals surface area contributed by atoms with E-state index in [1.165, 1.54) is 31.2 Å². The van der Waals surface area contributed by atoms with E-state index in [0.717, 1.165) is 9.13 Å². The molecule has 2 aromatic carbocycles. The Morgan fingerprint density at radius 3 is 2.40 bits per heavy atom. The van der Waals surface area contributed by atoms with Crippen molar-refractivity contribution in [1.29, 1.82) is 0 Å². The number of carbonyl (C=O) groups excluding carboxylic acids is 3. The molecule has 0 aromatic heterocycles. The van der Waals surface area contributed by atoms with E-state index in [9.17, 15) is 14.4 Å². The Kier molecular flexibility index (Phi) is 6.51. The first-order valence-corrected chi connectivity index (χ1v) is 8.56. The second-order valence-corrected chi connectivity index (χ2v) is 6.63. The Labute approximate surface area is 158 Å². The molecule has 6 nitrogen and oxygen atoms in total. The molecule has 0 aliphatic rings. The van der Waals surface area contributed by atoms with Crippen LogP contribution in [0.3, 0.4) is 0 Å². The van der Waals surface area contributed by atoms with Gasteiger partial charge in [-0.2, -0.15) is 0 Å². The number of hydrogen-bond donors (Lipinski definition) is 2. The van der Waals surface area contributed by atoms with Gasteiger partial charge in [0.15, 0.2) is 0 Å². The van der Waals surface area contributed by atoms with Crippen molar-refractivity contribution in [2.75, 3.05) is 0 Å². The number of benzene rings is 2. The number of halogens is 1. The fourth-order valence-corrected chi connectivity index (χ4v) is 2.81. The molecular weight excluding hydrogens is 435 g/mol. The molecule has 0 fully saturated rings. The van der Waals surface area contributed by atoms with Gasteiger partial charge in [-0.15, -0.1) is 0 Å². The van der Waals surface area contributed by atoms with Crippen molar-refractivity contribution in [2.45, 2.75) is 19.4 Å². The number of hydrogen-bond acceptors (Lipinski definition) is 4. The van der Waals surface area contributed by atoms with Crippen LogP contribution in [0.25, 0.3) is 0 Å². The molecule has 2 rings (SSSR count). The van der Waals surface area contributed by atoms with Gasteiger partial charge >= 0.3 is 5.97 Å². The minimum absolute atomic E-state index is 0.309. The highest BCUT2D eigenvalue weighted by atomic mass is 127. The quantitative estimate of drug-likeness (QED) is 0.398. The average Bonchev–Trinajstić information content (AvgIpc) is 2.54. The van der Waals surface area contributed by atoms with Crippen molar-refractivity contribution >= 4 is 40.4 Å². The van der Waals surface area contributed by atoms with E-state index in [0.29, 0.717) is 17.7 Å². The number of primary amides is 1. The first-order valence-electron chi connectivity index (χ1n) is 7.48. The molecule has 3 N–H and O–H groups in total. The lowest BCUT2D eigenvalue weighted by molar-refractivity contribution is -0.131. The van der Waals surface area contributed by atoms with Crippen LogP contribution in [0.15, 0.2) is 48.5 Å². The van der Waals surface area contributed by atoms with Crippen LogP contribution in [0.4, 0.5) is 0 Å². The molecule has 0 saturated carbocycles. The lowest BCUT2D eigenvalue weighted by Crippen LogP contribution is -2.45. The fraction of sp³-hybridized carbons (Fsp3) is 0.167. The number of nitrogens with one attached hydrogen (secondary N) is 1. The summed E-state index contributed by atoms with van der Waals surface area (Å²) in [6.45, 7) is 1.29. The molecule has 0 radical (unpaired) electrons. The highest BCUT2D eigenvalue weighted by molar-refractivity contribution is 14.1. The molecule has 25 heavy (non-hydrogen) atoms. The highest BCUT2D eigenvalue weighted by Crippen LogP contribution is 2.13. The number of esters is 1. The summed E-state index contributed by atoms with van der Waals surface area (Å²) < 4.78 is 5.95. The van der Waals surface area contributed by atoms with Crippen LogP contribution < -0.4 is 15.8 Å². The second-order valence-electron chi connectivity index (χ2n) is 5.38. The maximum Gasteiger partial charge on any atom is 0.308 e. The van der Waals surface area contributed by atoms with Crippen molar-refractivity contribution in [1.82, 2.24) is 5.32 Å². The van der Waals surface area contributed by atoms with E-state index in [2.05, 4.69) is 27.9 Å². The summed E-state index contributed by atoms with van der Waals surface area (Å²) >= 11 is 2.18. The Morgan fingerprint density at radius 2 is 1.84 bits per heavy atom. The molecular formula is C18H17IN2O4. The molecule has 2 aromatic rings. The first-order chi connectivity index (χ1) is 11.8. The molecule has 1 atom stereocenters. The Bertz CT molecular complexity index is 790. The van der Waals surface area contributed by atoms with Gasteiger partial charge in [0.25, 0.3) is 5.91 Å². The van der Waals surface area contributed by atoms with Crippen LogP contribution in [0, 0.1) is 3.57 Å². The van der Waals surface area contributed by atoms with Crippen LogP contribution in [0.2, 0.25) is 0 Å². The number of rotatable bonds is 6. The zero-order chi connectivity index (χ0) is 18.4. The Morgan fingerprint density at radius 1 is 1.16 bits per heavy atom. The monoisotopic (exact) mass is 452 g/mol. The van der Waals surface area contributed by atoms with Crippen LogP contribution in [-0.4, -0.2) is 23.8 Å². The summed E-state index contributed by atoms with van der Waals surface area (Å²) in [6, 6.07) is 12.8. The van der Waals surface area contributed by atoms with Gasteiger partial charge in [0.2, 0.25) is 5.91 Å². The SMILES string of the molecule is CC(=O)Oc1ccc(C(=O)N[C@@H](Cc2cccc(I)c2)C(N)=O)cc1. The molecule has 0 spiro atoms. The van der Waals surface area contributed by atoms with Crippen LogP contribution >= 0.6 is 22.6 Å². The smallest absolute Gasteiger partial charge is 0.308 e. The van der Waals surface area contributed by atoms with Crippen LogP contribution in [0.5, 0.6) is 5.75 Å². The van der Waals surface area contributed by atoms with Crippen molar-refractivity contribution in [3.05, 3.63) is 63.2 Å². The zero-order valence-corrected chi connectivity index (χ0v) is 15.6. The highest BCUT2D eigenvalue weighted by Gasteiger charge is 2.19. The molecule has 130 valence electrons. The average molecular weight is 452 g/mol. The van der Waals surface area contributed by atoms with E-state index >= 15 is 0 Å². The van der Waals surface area contributed by atoms with Gasteiger partial charge in [0.1, 0.15) is 11.8 Å². The topological polar surface area (TPSA) is 98.5 Å². The molecule has 0 aliphatic carbocycles. The van der Waals surface area contributed by atoms with Gasteiger partial charge in [0, 0.05) is 22.5 Å². The van der Waals surface area contributed by atoms with Crippen molar-refractivity contribution in [3.8, 4) is 5.75 Å². The maximum absolute atomic E-state index is 12.3. The van der Waals surface area contributed by atoms with E-state index in [4.69, 9.17) is 10.5 Å². The summed E-state index contributed by atoms with van der Waals surface area (Å²) in [5.74, 6) is -1.13. The molecule has 7 heteroatoms. The van der Waals surface area contributed by atoms with Gasteiger partial charge in [-0.05, 0) is 64.6 Å². The summed E-state index contributed by atoms with van der Waals surface area (Å²) in [7, 11) is 0. The lowest BCUT2D eigenvalue weighted by Gasteiger charge is -2.16. The fourth-order valence-electron chi connectivity index (χ4n) is 2.20. The van der Waals surface area contributed by atoms with Gasteiger partial charge in [-0.1, -0.05) is 12.1 Å². The van der Waals surface area contributed by atoms with Crippen molar-refractivity contribution in [3.63, 3.8) is 0 Å². The third kappa shape index (κ3) is 5.86. The molecule has 0 aliphatic heterocycles. The molecule has 0 unspecified atom stereocenters. The Balaban J connectivity index is 2.07. The molecule has 0 bridgehead atoms. The minimum atomic E-state index is -0.821.